The molecule has 5 heteroatoms. The van der Waals surface area contributed by atoms with Crippen molar-refractivity contribution in [1.82, 2.24) is 10.3 Å². The molecule has 108 valence electrons. The van der Waals surface area contributed by atoms with Crippen LogP contribution in [0.4, 0.5) is 5.13 Å². The number of anilines is 1. The highest BCUT2D eigenvalue weighted by Gasteiger charge is 2.05. The average Bonchev–Trinajstić information content (AvgIpc) is 2.78. The number of benzene rings is 1. The van der Waals surface area contributed by atoms with E-state index < -0.39 is 0 Å². The van der Waals surface area contributed by atoms with Crippen LogP contribution in [0, 0.1) is 12.8 Å². The van der Waals surface area contributed by atoms with E-state index in [1.165, 1.54) is 10.3 Å². The zero-order chi connectivity index (χ0) is 14.5. The molecule has 0 saturated carbocycles. The van der Waals surface area contributed by atoms with Crippen LogP contribution in [-0.2, 0) is 4.79 Å². The maximum Gasteiger partial charge on any atom is 0.221 e. The maximum atomic E-state index is 11.6. The molecule has 0 aliphatic rings. The molecule has 1 aromatic heterocycles. The third kappa shape index (κ3) is 4.20. The number of nitrogens with one attached hydrogen (secondary N) is 2. The van der Waals surface area contributed by atoms with Crippen molar-refractivity contribution in [3.05, 3.63) is 23.8 Å². The van der Waals surface area contributed by atoms with Crippen molar-refractivity contribution < 1.29 is 4.79 Å². The lowest BCUT2D eigenvalue weighted by atomic mass is 10.2. The summed E-state index contributed by atoms with van der Waals surface area (Å²) in [5, 5.41) is 7.00. The van der Waals surface area contributed by atoms with E-state index in [1.807, 2.05) is 0 Å². The van der Waals surface area contributed by atoms with Crippen LogP contribution in [0.5, 0.6) is 0 Å². The van der Waals surface area contributed by atoms with Gasteiger partial charge in [-0.05, 0) is 30.5 Å². The molecule has 0 aliphatic carbocycles. The van der Waals surface area contributed by atoms with Crippen LogP contribution in [0.3, 0.4) is 0 Å². The second-order valence-corrected chi connectivity index (χ2v) is 6.40. The second kappa shape index (κ2) is 6.70. The van der Waals surface area contributed by atoms with Crippen molar-refractivity contribution >= 4 is 32.6 Å². The summed E-state index contributed by atoms with van der Waals surface area (Å²) in [6, 6.07) is 6.25. The molecule has 2 aromatic rings. The average molecular weight is 291 g/mol. The molecular weight excluding hydrogens is 270 g/mol. The van der Waals surface area contributed by atoms with Crippen LogP contribution in [-0.4, -0.2) is 24.0 Å². The summed E-state index contributed by atoms with van der Waals surface area (Å²) >= 11 is 1.62. The first-order chi connectivity index (χ1) is 9.54. The minimum Gasteiger partial charge on any atom is -0.361 e. The number of carbonyl (C=O) groups excluding carboxylic acids is 1. The normalized spacial score (nSPS) is 11.0. The van der Waals surface area contributed by atoms with Gasteiger partial charge in [0.25, 0.3) is 0 Å². The van der Waals surface area contributed by atoms with Crippen LogP contribution < -0.4 is 10.6 Å². The first-order valence-corrected chi connectivity index (χ1v) is 7.74. The minimum absolute atomic E-state index is 0.0863. The summed E-state index contributed by atoms with van der Waals surface area (Å²) in [7, 11) is 0. The first kappa shape index (κ1) is 14.8. The van der Waals surface area contributed by atoms with Gasteiger partial charge in [-0.3, -0.25) is 4.79 Å². The highest BCUT2D eigenvalue weighted by atomic mass is 32.1. The van der Waals surface area contributed by atoms with E-state index in [0.717, 1.165) is 17.2 Å². The number of fused-ring (bicyclic) bond motifs is 1. The van der Waals surface area contributed by atoms with E-state index in [9.17, 15) is 4.79 Å². The lowest BCUT2D eigenvalue weighted by Crippen LogP contribution is -2.28. The van der Waals surface area contributed by atoms with Crippen LogP contribution in [0.25, 0.3) is 10.2 Å². The van der Waals surface area contributed by atoms with Gasteiger partial charge in [0.05, 0.1) is 10.2 Å². The molecule has 0 unspecified atom stereocenters. The Morgan fingerprint density at radius 1 is 1.40 bits per heavy atom. The molecule has 0 radical (unpaired) electrons. The first-order valence-electron chi connectivity index (χ1n) is 6.92. The second-order valence-electron chi connectivity index (χ2n) is 5.36. The molecule has 0 atom stereocenters. The highest BCUT2D eigenvalue weighted by molar-refractivity contribution is 7.22. The molecule has 0 spiro atoms. The van der Waals surface area contributed by atoms with Crippen molar-refractivity contribution in [3.8, 4) is 0 Å². The van der Waals surface area contributed by atoms with Gasteiger partial charge in [0.15, 0.2) is 5.13 Å². The fourth-order valence-corrected chi connectivity index (χ4v) is 2.67. The van der Waals surface area contributed by atoms with Crippen molar-refractivity contribution in [1.29, 1.82) is 0 Å². The van der Waals surface area contributed by atoms with E-state index in [0.29, 0.717) is 18.9 Å². The molecule has 1 aromatic carbocycles. The van der Waals surface area contributed by atoms with Crippen LogP contribution in [0.1, 0.15) is 25.8 Å². The summed E-state index contributed by atoms with van der Waals surface area (Å²) in [4.78, 5) is 16.1. The Kier molecular flexibility index (Phi) is 4.95. The fraction of sp³-hybridized carbons (Fsp3) is 0.467. The number of amides is 1. The van der Waals surface area contributed by atoms with E-state index in [4.69, 9.17) is 0 Å². The Bertz CT molecular complexity index is 592. The molecule has 0 fully saturated rings. The fourth-order valence-electron chi connectivity index (χ4n) is 1.80. The van der Waals surface area contributed by atoms with Gasteiger partial charge >= 0.3 is 0 Å². The Morgan fingerprint density at radius 3 is 2.95 bits per heavy atom. The predicted molar refractivity (Wildman–Crippen MR) is 85.3 cm³/mol. The molecule has 0 bridgehead atoms. The number of hydrogen-bond donors (Lipinski definition) is 2. The van der Waals surface area contributed by atoms with Crippen LogP contribution in [0.2, 0.25) is 0 Å². The van der Waals surface area contributed by atoms with Crippen molar-refractivity contribution in [2.45, 2.75) is 27.2 Å². The van der Waals surface area contributed by atoms with Crippen LogP contribution in [0.15, 0.2) is 18.2 Å². The number of aromatic nitrogens is 1. The molecule has 2 rings (SSSR count). The van der Waals surface area contributed by atoms with E-state index in [-0.39, 0.29) is 5.91 Å². The Hall–Kier alpha value is -1.62. The van der Waals surface area contributed by atoms with E-state index >= 15 is 0 Å². The SMILES string of the molecule is Cc1ccc2sc(NCCC(=O)NCC(C)C)nc2c1. The summed E-state index contributed by atoms with van der Waals surface area (Å²) < 4.78 is 1.17. The summed E-state index contributed by atoms with van der Waals surface area (Å²) in [5.74, 6) is 0.572. The number of nitrogens with zero attached hydrogens (tertiary/aromatic N) is 1. The smallest absolute Gasteiger partial charge is 0.221 e. The largest absolute Gasteiger partial charge is 0.361 e. The number of carbonyl (C=O) groups is 1. The van der Waals surface area contributed by atoms with E-state index in [2.05, 4.69) is 54.6 Å². The number of thiazole rings is 1. The zero-order valence-corrected chi connectivity index (χ0v) is 13.0. The number of aryl methyl sites for hydroxylation is 1. The third-order valence-corrected chi connectivity index (χ3v) is 3.87. The maximum absolute atomic E-state index is 11.6. The van der Waals surface area contributed by atoms with E-state index in [1.54, 1.807) is 11.3 Å². The molecular formula is C15H21N3OS. The van der Waals surface area contributed by atoms with Crippen molar-refractivity contribution in [3.63, 3.8) is 0 Å². The molecule has 2 N–H and O–H groups in total. The van der Waals surface area contributed by atoms with Gasteiger partial charge in [-0.15, -0.1) is 0 Å². The van der Waals surface area contributed by atoms with Gasteiger partial charge in [-0.2, -0.15) is 0 Å². The van der Waals surface area contributed by atoms with Gasteiger partial charge in [0.2, 0.25) is 5.91 Å². The van der Waals surface area contributed by atoms with Gasteiger partial charge < -0.3 is 10.6 Å². The van der Waals surface area contributed by atoms with Gasteiger partial charge in [0.1, 0.15) is 0 Å². The van der Waals surface area contributed by atoms with Gasteiger partial charge in [0, 0.05) is 19.5 Å². The lowest BCUT2D eigenvalue weighted by molar-refractivity contribution is -0.120. The predicted octanol–water partition coefficient (Wildman–Crippen LogP) is 3.18. The monoisotopic (exact) mass is 291 g/mol. The standard InChI is InChI=1S/C15H21N3OS/c1-10(2)9-17-14(19)6-7-16-15-18-12-8-11(3)4-5-13(12)20-15/h4-5,8,10H,6-7,9H2,1-3H3,(H,16,18)(H,17,19). The number of rotatable bonds is 6. The van der Waals surface area contributed by atoms with Gasteiger partial charge in [-0.25, -0.2) is 4.98 Å². The Balaban J connectivity index is 1.82. The Labute approximate surface area is 123 Å². The van der Waals surface area contributed by atoms with Crippen molar-refractivity contribution in [2.75, 3.05) is 18.4 Å². The third-order valence-electron chi connectivity index (χ3n) is 2.88. The lowest BCUT2D eigenvalue weighted by Gasteiger charge is -2.07. The summed E-state index contributed by atoms with van der Waals surface area (Å²) in [6.45, 7) is 7.58. The molecule has 20 heavy (non-hydrogen) atoms. The Morgan fingerprint density at radius 2 is 2.20 bits per heavy atom. The highest BCUT2D eigenvalue weighted by Crippen LogP contribution is 2.26. The molecule has 4 nitrogen and oxygen atoms in total. The molecule has 0 saturated heterocycles. The minimum atomic E-state index is 0.0863. The zero-order valence-electron chi connectivity index (χ0n) is 12.2. The number of hydrogen-bond acceptors (Lipinski definition) is 4. The quantitative estimate of drug-likeness (QED) is 0.859. The molecule has 1 amide bonds. The van der Waals surface area contributed by atoms with Crippen LogP contribution >= 0.6 is 11.3 Å². The summed E-state index contributed by atoms with van der Waals surface area (Å²) in [6.07, 6.45) is 0.474. The molecule has 1 heterocycles. The molecule has 0 aliphatic heterocycles. The van der Waals surface area contributed by atoms with Crippen molar-refractivity contribution in [2.24, 2.45) is 5.92 Å². The topological polar surface area (TPSA) is 54.0 Å². The summed E-state index contributed by atoms with van der Waals surface area (Å²) in [5.41, 5.74) is 2.23. The van der Waals surface area contributed by atoms with Gasteiger partial charge in [-0.1, -0.05) is 31.3 Å².